The Kier molecular flexibility index (Phi) is 5.69. The number of ether oxygens (including phenoxy) is 2. The van der Waals surface area contributed by atoms with Crippen molar-refractivity contribution in [3.8, 4) is 0 Å². The maximum absolute atomic E-state index is 12.0. The van der Waals surface area contributed by atoms with E-state index in [9.17, 15) is 4.79 Å². The highest BCUT2D eigenvalue weighted by atomic mass is 16.5. The molecule has 1 fully saturated rings. The summed E-state index contributed by atoms with van der Waals surface area (Å²) in [5.74, 6) is 0.442. The molecule has 1 amide bonds. The first-order chi connectivity index (χ1) is 9.79. The molecule has 0 aromatic carbocycles. The molecule has 1 aliphatic rings. The third-order valence-electron chi connectivity index (χ3n) is 3.07. The number of methoxy groups -OCH3 is 1. The number of anilines is 1. The second-order valence-electron chi connectivity index (χ2n) is 4.58. The number of carbonyl (C=O) groups excluding carboxylic acids is 1. The number of hydrogen-bond acceptors (Lipinski definition) is 6. The fourth-order valence-corrected chi connectivity index (χ4v) is 1.93. The molecule has 0 aliphatic carbocycles. The summed E-state index contributed by atoms with van der Waals surface area (Å²) in [4.78, 5) is 12.0. The lowest BCUT2D eigenvalue weighted by Gasteiger charge is -2.22. The second kappa shape index (κ2) is 7.76. The predicted molar refractivity (Wildman–Crippen MR) is 73.7 cm³/mol. The average Bonchev–Trinajstić information content (AvgIpc) is 2.49. The Bertz CT molecular complexity index is 418. The molecule has 110 valence electrons. The van der Waals surface area contributed by atoms with Crippen molar-refractivity contribution < 1.29 is 14.3 Å². The number of rotatable bonds is 6. The van der Waals surface area contributed by atoms with Gasteiger partial charge in [0.2, 0.25) is 0 Å². The number of nitrogens with zero attached hydrogens (tertiary/aromatic N) is 2. The molecule has 2 N–H and O–H groups in total. The Morgan fingerprint density at radius 1 is 1.40 bits per heavy atom. The molecular weight excluding hydrogens is 260 g/mol. The van der Waals surface area contributed by atoms with Gasteiger partial charge in [0, 0.05) is 32.9 Å². The normalized spacial score (nSPS) is 15.8. The topological polar surface area (TPSA) is 85.4 Å². The smallest absolute Gasteiger partial charge is 0.272 e. The zero-order valence-electron chi connectivity index (χ0n) is 11.6. The van der Waals surface area contributed by atoms with Crippen molar-refractivity contribution in [2.24, 2.45) is 0 Å². The number of amides is 1. The van der Waals surface area contributed by atoms with E-state index >= 15 is 0 Å². The van der Waals surface area contributed by atoms with Crippen LogP contribution in [0.4, 0.5) is 5.82 Å². The molecule has 1 aromatic heterocycles. The van der Waals surface area contributed by atoms with E-state index in [0.717, 1.165) is 12.8 Å². The van der Waals surface area contributed by atoms with Crippen LogP contribution < -0.4 is 10.6 Å². The summed E-state index contributed by atoms with van der Waals surface area (Å²) < 4.78 is 10.2. The molecule has 1 aliphatic heterocycles. The van der Waals surface area contributed by atoms with Gasteiger partial charge in [-0.05, 0) is 25.0 Å². The minimum Gasteiger partial charge on any atom is -0.383 e. The fourth-order valence-electron chi connectivity index (χ4n) is 1.93. The van der Waals surface area contributed by atoms with Gasteiger partial charge < -0.3 is 20.1 Å². The fraction of sp³-hybridized carbons (Fsp3) is 0.615. The molecule has 1 aromatic rings. The van der Waals surface area contributed by atoms with E-state index in [2.05, 4.69) is 20.8 Å². The van der Waals surface area contributed by atoms with E-state index in [-0.39, 0.29) is 11.9 Å². The third kappa shape index (κ3) is 4.43. The summed E-state index contributed by atoms with van der Waals surface area (Å²) in [6, 6.07) is 3.57. The van der Waals surface area contributed by atoms with Crippen LogP contribution in [0.1, 0.15) is 23.3 Å². The van der Waals surface area contributed by atoms with Crippen LogP contribution in [0.2, 0.25) is 0 Å². The van der Waals surface area contributed by atoms with Crippen molar-refractivity contribution in [2.45, 2.75) is 18.9 Å². The van der Waals surface area contributed by atoms with Crippen LogP contribution in [0.15, 0.2) is 12.1 Å². The van der Waals surface area contributed by atoms with Crippen LogP contribution in [-0.4, -0.2) is 55.6 Å². The number of aromatic nitrogens is 2. The van der Waals surface area contributed by atoms with Gasteiger partial charge in [0.15, 0.2) is 5.69 Å². The Hall–Kier alpha value is -1.73. The van der Waals surface area contributed by atoms with Crippen molar-refractivity contribution in [3.05, 3.63) is 17.8 Å². The first-order valence-electron chi connectivity index (χ1n) is 6.75. The molecule has 0 spiro atoms. The van der Waals surface area contributed by atoms with Crippen molar-refractivity contribution in [3.63, 3.8) is 0 Å². The van der Waals surface area contributed by atoms with E-state index in [1.807, 2.05) is 0 Å². The number of hydrogen-bond donors (Lipinski definition) is 2. The average molecular weight is 280 g/mol. The van der Waals surface area contributed by atoms with Crippen LogP contribution in [0.5, 0.6) is 0 Å². The van der Waals surface area contributed by atoms with Gasteiger partial charge in [-0.25, -0.2) is 0 Å². The molecule has 0 bridgehead atoms. The van der Waals surface area contributed by atoms with Gasteiger partial charge in [-0.15, -0.1) is 10.2 Å². The van der Waals surface area contributed by atoms with E-state index in [1.165, 1.54) is 0 Å². The van der Waals surface area contributed by atoms with Gasteiger partial charge in [0.25, 0.3) is 5.91 Å². The molecule has 0 radical (unpaired) electrons. The number of carbonyl (C=O) groups is 1. The molecule has 2 rings (SSSR count). The number of nitrogens with one attached hydrogen (secondary N) is 2. The van der Waals surface area contributed by atoms with Gasteiger partial charge in [0.05, 0.1) is 6.61 Å². The first kappa shape index (κ1) is 14.7. The van der Waals surface area contributed by atoms with Crippen LogP contribution in [0, 0.1) is 0 Å². The standard InChI is InChI=1S/C13H20N4O3/c1-19-9-6-14-12-3-2-11(16-17-12)13(18)15-10-4-7-20-8-5-10/h2-3,10H,4-9H2,1H3,(H,14,17)(H,15,18). The van der Waals surface area contributed by atoms with Gasteiger partial charge in [-0.3, -0.25) is 4.79 Å². The highest BCUT2D eigenvalue weighted by Gasteiger charge is 2.17. The summed E-state index contributed by atoms with van der Waals surface area (Å²) in [6.45, 7) is 2.63. The van der Waals surface area contributed by atoms with E-state index < -0.39 is 0 Å². The van der Waals surface area contributed by atoms with Crippen LogP contribution in [0.25, 0.3) is 0 Å². The summed E-state index contributed by atoms with van der Waals surface area (Å²) in [7, 11) is 1.64. The maximum atomic E-state index is 12.0. The first-order valence-corrected chi connectivity index (χ1v) is 6.75. The Morgan fingerprint density at radius 2 is 2.20 bits per heavy atom. The largest absolute Gasteiger partial charge is 0.383 e. The summed E-state index contributed by atoms with van der Waals surface area (Å²) in [5.41, 5.74) is 0.328. The van der Waals surface area contributed by atoms with Crippen molar-refractivity contribution >= 4 is 11.7 Å². The van der Waals surface area contributed by atoms with Crippen molar-refractivity contribution in [1.29, 1.82) is 0 Å². The minimum atomic E-state index is -0.187. The Labute approximate surface area is 118 Å². The minimum absolute atomic E-state index is 0.164. The quantitative estimate of drug-likeness (QED) is 0.736. The van der Waals surface area contributed by atoms with E-state index in [4.69, 9.17) is 9.47 Å². The highest BCUT2D eigenvalue weighted by molar-refractivity contribution is 5.92. The van der Waals surface area contributed by atoms with Crippen LogP contribution in [-0.2, 0) is 9.47 Å². The van der Waals surface area contributed by atoms with Gasteiger partial charge >= 0.3 is 0 Å². The van der Waals surface area contributed by atoms with E-state index in [1.54, 1.807) is 19.2 Å². The lowest BCUT2D eigenvalue weighted by Crippen LogP contribution is -2.39. The van der Waals surface area contributed by atoms with Crippen molar-refractivity contribution in [2.75, 3.05) is 38.8 Å². The van der Waals surface area contributed by atoms with Crippen LogP contribution >= 0.6 is 0 Å². The zero-order chi connectivity index (χ0) is 14.2. The lowest BCUT2D eigenvalue weighted by molar-refractivity contribution is 0.0693. The molecule has 7 nitrogen and oxygen atoms in total. The molecule has 20 heavy (non-hydrogen) atoms. The molecule has 1 saturated heterocycles. The highest BCUT2D eigenvalue weighted by Crippen LogP contribution is 2.08. The Morgan fingerprint density at radius 3 is 2.85 bits per heavy atom. The molecule has 0 saturated carbocycles. The summed E-state index contributed by atoms with van der Waals surface area (Å²) in [6.07, 6.45) is 1.69. The molecule has 2 heterocycles. The monoisotopic (exact) mass is 280 g/mol. The second-order valence-corrected chi connectivity index (χ2v) is 4.58. The zero-order valence-corrected chi connectivity index (χ0v) is 11.6. The predicted octanol–water partition coefficient (Wildman–Crippen LogP) is 0.444. The summed E-state index contributed by atoms with van der Waals surface area (Å²) in [5, 5.41) is 13.9. The summed E-state index contributed by atoms with van der Waals surface area (Å²) >= 11 is 0. The SMILES string of the molecule is COCCNc1ccc(C(=O)NC2CCOCC2)nn1. The van der Waals surface area contributed by atoms with Gasteiger partial charge in [-0.2, -0.15) is 0 Å². The maximum Gasteiger partial charge on any atom is 0.272 e. The third-order valence-corrected chi connectivity index (χ3v) is 3.07. The van der Waals surface area contributed by atoms with Crippen LogP contribution in [0.3, 0.4) is 0 Å². The lowest BCUT2D eigenvalue weighted by atomic mass is 10.1. The Balaban J connectivity index is 1.83. The van der Waals surface area contributed by atoms with Gasteiger partial charge in [-0.1, -0.05) is 0 Å². The molecule has 0 atom stereocenters. The van der Waals surface area contributed by atoms with Gasteiger partial charge in [0.1, 0.15) is 5.82 Å². The molecular formula is C13H20N4O3. The van der Waals surface area contributed by atoms with Crippen molar-refractivity contribution in [1.82, 2.24) is 15.5 Å². The van der Waals surface area contributed by atoms with E-state index in [0.29, 0.717) is 37.9 Å². The molecule has 0 unspecified atom stereocenters. The molecule has 7 heteroatoms.